The standard InChI is InChI=1S/C30H37N4O2/c35-29(30(17-9-1-2-10-18-30)25-13-7-4-8-14-25)36-27-22-34(19-15-23(27)16-20-34)28(26-21-31-33-32-26)24-11-5-3-6-12-24/h3-8,11-14,21,23,27-28H,1-2,9-10,15-20,22H2,(H,31,32,33)/q+1/t23?,27-,28?,34?/m0/s1. The lowest BCUT2D eigenvalue weighted by Gasteiger charge is -2.55. The minimum Gasteiger partial charge on any atom is -0.455 e. The van der Waals surface area contributed by atoms with Crippen molar-refractivity contribution in [2.75, 3.05) is 19.6 Å². The number of H-pyrrole nitrogens is 1. The number of hydrogen-bond acceptors (Lipinski definition) is 4. The van der Waals surface area contributed by atoms with Crippen LogP contribution in [0.5, 0.6) is 0 Å². The first-order valence-electron chi connectivity index (χ1n) is 13.7. The molecule has 188 valence electrons. The Morgan fingerprint density at radius 3 is 2.25 bits per heavy atom. The first-order chi connectivity index (χ1) is 17.7. The number of carbonyl (C=O) groups excluding carboxylic acids is 1. The van der Waals surface area contributed by atoms with Crippen LogP contribution in [0.15, 0.2) is 66.9 Å². The van der Waals surface area contributed by atoms with E-state index in [0.29, 0.717) is 5.92 Å². The summed E-state index contributed by atoms with van der Waals surface area (Å²) in [6.45, 7) is 3.00. The van der Waals surface area contributed by atoms with Crippen LogP contribution >= 0.6 is 0 Å². The molecule has 2 atom stereocenters. The molecule has 3 saturated heterocycles. The molecule has 0 spiro atoms. The lowest BCUT2D eigenvalue weighted by atomic mass is 9.74. The Balaban J connectivity index is 1.30. The molecule has 1 N–H and O–H groups in total. The average molecular weight is 486 g/mol. The molecule has 4 aliphatic rings. The van der Waals surface area contributed by atoms with E-state index in [-0.39, 0.29) is 18.1 Å². The van der Waals surface area contributed by atoms with Gasteiger partial charge in [-0.1, -0.05) is 86.3 Å². The van der Waals surface area contributed by atoms with Gasteiger partial charge in [0.15, 0.2) is 12.1 Å². The van der Waals surface area contributed by atoms with E-state index in [9.17, 15) is 4.79 Å². The molecule has 4 fully saturated rings. The molecule has 36 heavy (non-hydrogen) atoms. The summed E-state index contributed by atoms with van der Waals surface area (Å²) < 4.78 is 7.49. The SMILES string of the molecule is O=C(O[C@H]1C[N+]2(C(c3ccccc3)c3cn[nH]n3)CCC1CC2)C1(c2ccccc2)CCCCCC1. The summed E-state index contributed by atoms with van der Waals surface area (Å²) in [6, 6.07) is 21.2. The van der Waals surface area contributed by atoms with Crippen molar-refractivity contribution in [3.63, 3.8) is 0 Å². The van der Waals surface area contributed by atoms with Crippen LogP contribution in [0.25, 0.3) is 0 Å². The molecule has 6 nitrogen and oxygen atoms in total. The molecule has 6 heteroatoms. The monoisotopic (exact) mass is 485 g/mol. The number of aromatic nitrogens is 3. The largest absolute Gasteiger partial charge is 0.455 e. The summed E-state index contributed by atoms with van der Waals surface area (Å²) in [5.74, 6) is 0.450. The predicted molar refractivity (Wildman–Crippen MR) is 138 cm³/mol. The van der Waals surface area contributed by atoms with Crippen molar-refractivity contribution in [1.29, 1.82) is 0 Å². The maximum Gasteiger partial charge on any atom is 0.317 e. The molecule has 1 unspecified atom stereocenters. The Bertz CT molecular complexity index is 1130. The van der Waals surface area contributed by atoms with Gasteiger partial charge in [-0.05, 0) is 18.4 Å². The van der Waals surface area contributed by atoms with E-state index in [1.54, 1.807) is 0 Å². The summed E-state index contributed by atoms with van der Waals surface area (Å²) in [6.07, 6.45) is 10.3. The van der Waals surface area contributed by atoms with Gasteiger partial charge in [0.2, 0.25) is 0 Å². The van der Waals surface area contributed by atoms with Gasteiger partial charge in [0, 0.05) is 24.3 Å². The van der Waals surface area contributed by atoms with Gasteiger partial charge < -0.3 is 9.22 Å². The first-order valence-corrected chi connectivity index (χ1v) is 13.7. The molecule has 0 amide bonds. The van der Waals surface area contributed by atoms with Crippen molar-refractivity contribution >= 4 is 5.97 Å². The van der Waals surface area contributed by atoms with Gasteiger partial charge in [0.05, 0.1) is 24.7 Å². The topological polar surface area (TPSA) is 67.9 Å². The van der Waals surface area contributed by atoms with E-state index in [2.05, 4.69) is 70.0 Å². The second kappa shape index (κ2) is 9.81. The smallest absolute Gasteiger partial charge is 0.317 e. The lowest BCUT2D eigenvalue weighted by Crippen LogP contribution is -2.66. The van der Waals surface area contributed by atoms with Crippen LogP contribution in [0.3, 0.4) is 0 Å². The number of fused-ring (bicyclic) bond motifs is 3. The number of aromatic amines is 1. The fraction of sp³-hybridized carbons (Fsp3) is 0.500. The van der Waals surface area contributed by atoms with Gasteiger partial charge in [0.1, 0.15) is 12.2 Å². The highest BCUT2D eigenvalue weighted by Gasteiger charge is 2.54. The number of ether oxygens (including phenoxy) is 1. The number of quaternary nitrogens is 1. The van der Waals surface area contributed by atoms with Crippen molar-refractivity contribution in [2.24, 2.45) is 5.92 Å². The Labute approximate surface area is 213 Å². The quantitative estimate of drug-likeness (QED) is 0.291. The van der Waals surface area contributed by atoms with Crippen LogP contribution in [-0.2, 0) is 14.9 Å². The van der Waals surface area contributed by atoms with Crippen LogP contribution in [0.4, 0.5) is 0 Å². The predicted octanol–water partition coefficient (Wildman–Crippen LogP) is 5.34. The van der Waals surface area contributed by atoms with Gasteiger partial charge in [-0.25, -0.2) is 0 Å². The van der Waals surface area contributed by atoms with Crippen molar-refractivity contribution in [3.05, 3.63) is 83.7 Å². The second-order valence-corrected chi connectivity index (χ2v) is 11.2. The molecule has 4 heterocycles. The number of benzene rings is 2. The van der Waals surface area contributed by atoms with Crippen LogP contribution in [-0.4, -0.2) is 51.6 Å². The van der Waals surface area contributed by atoms with Gasteiger partial charge in [-0.3, -0.25) is 4.79 Å². The van der Waals surface area contributed by atoms with Gasteiger partial charge in [-0.15, -0.1) is 0 Å². The van der Waals surface area contributed by atoms with E-state index < -0.39 is 5.41 Å². The molecule has 0 radical (unpaired) electrons. The maximum absolute atomic E-state index is 14.1. The first kappa shape index (κ1) is 23.4. The van der Waals surface area contributed by atoms with E-state index in [0.717, 1.165) is 73.9 Å². The third-order valence-electron chi connectivity index (χ3n) is 9.27. The fourth-order valence-corrected chi connectivity index (χ4v) is 7.36. The van der Waals surface area contributed by atoms with E-state index >= 15 is 0 Å². The minimum absolute atomic E-state index is 0.00481. The molecular formula is C30H37N4O2+. The Morgan fingerprint density at radius 2 is 1.61 bits per heavy atom. The molecule has 7 rings (SSSR count). The molecule has 1 aromatic heterocycles. The normalized spacial score (nSPS) is 28.2. The van der Waals surface area contributed by atoms with Crippen molar-refractivity contribution in [2.45, 2.75) is 68.9 Å². The molecule has 3 aliphatic heterocycles. The summed E-state index contributed by atoms with van der Waals surface area (Å²) in [7, 11) is 0. The molecule has 3 aromatic rings. The van der Waals surface area contributed by atoms with E-state index in [1.807, 2.05) is 12.3 Å². The Hall–Kier alpha value is -2.99. The number of nitrogens with one attached hydrogen (secondary N) is 1. The zero-order valence-electron chi connectivity index (χ0n) is 21.0. The Kier molecular flexibility index (Phi) is 6.38. The highest BCUT2D eigenvalue weighted by atomic mass is 16.5. The molecule has 2 aromatic carbocycles. The van der Waals surface area contributed by atoms with Crippen LogP contribution in [0.2, 0.25) is 0 Å². The lowest BCUT2D eigenvalue weighted by molar-refractivity contribution is -0.968. The number of rotatable bonds is 6. The molecule has 1 aliphatic carbocycles. The molecule has 2 bridgehead atoms. The summed E-state index contributed by atoms with van der Waals surface area (Å²) in [5, 5.41) is 11.5. The minimum atomic E-state index is -0.514. The third kappa shape index (κ3) is 4.15. The maximum atomic E-state index is 14.1. The number of piperidine rings is 3. The Morgan fingerprint density at radius 1 is 0.944 bits per heavy atom. The molecule has 1 saturated carbocycles. The second-order valence-electron chi connectivity index (χ2n) is 11.2. The fourth-order valence-electron chi connectivity index (χ4n) is 7.36. The average Bonchev–Trinajstić information content (AvgIpc) is 3.33. The van der Waals surface area contributed by atoms with Crippen LogP contribution in [0, 0.1) is 5.92 Å². The van der Waals surface area contributed by atoms with Gasteiger partial charge >= 0.3 is 5.97 Å². The van der Waals surface area contributed by atoms with Crippen LogP contribution < -0.4 is 0 Å². The van der Waals surface area contributed by atoms with Crippen molar-refractivity contribution < 1.29 is 14.0 Å². The zero-order valence-corrected chi connectivity index (χ0v) is 21.0. The zero-order chi connectivity index (χ0) is 24.4. The third-order valence-corrected chi connectivity index (χ3v) is 9.27. The number of nitrogens with zero attached hydrogens (tertiary/aromatic N) is 3. The highest BCUT2D eigenvalue weighted by Crippen LogP contribution is 2.46. The summed E-state index contributed by atoms with van der Waals surface area (Å²) in [5.41, 5.74) is 2.84. The van der Waals surface area contributed by atoms with Gasteiger partial charge in [0.25, 0.3) is 0 Å². The molecular weight excluding hydrogens is 448 g/mol. The highest BCUT2D eigenvalue weighted by molar-refractivity contribution is 5.83. The number of carbonyl (C=O) groups is 1. The summed E-state index contributed by atoms with van der Waals surface area (Å²) in [4.78, 5) is 14.1. The number of hydrogen-bond donors (Lipinski definition) is 1. The van der Waals surface area contributed by atoms with E-state index in [4.69, 9.17) is 4.74 Å². The van der Waals surface area contributed by atoms with E-state index in [1.165, 1.54) is 18.4 Å². The van der Waals surface area contributed by atoms with Crippen LogP contribution in [0.1, 0.15) is 74.2 Å². The van der Waals surface area contributed by atoms with Gasteiger partial charge in [-0.2, -0.15) is 15.4 Å². The van der Waals surface area contributed by atoms with Crippen molar-refractivity contribution in [3.8, 4) is 0 Å². The van der Waals surface area contributed by atoms with Crippen molar-refractivity contribution in [1.82, 2.24) is 15.4 Å². The number of esters is 1. The summed E-state index contributed by atoms with van der Waals surface area (Å²) >= 11 is 0.